The number of amidine groups is 1. The molecule has 0 amide bonds. The Kier molecular flexibility index (Phi) is 3.07. The number of thiophene rings is 1. The highest BCUT2D eigenvalue weighted by Crippen LogP contribution is 2.28. The summed E-state index contributed by atoms with van der Waals surface area (Å²) in [6.45, 7) is 0.289. The first kappa shape index (κ1) is 10.9. The van der Waals surface area contributed by atoms with Crippen molar-refractivity contribution in [3.63, 3.8) is 0 Å². The topological polar surface area (TPSA) is 79.3 Å². The van der Waals surface area contributed by atoms with E-state index in [0.717, 1.165) is 20.7 Å². The molecule has 1 aromatic carbocycles. The van der Waals surface area contributed by atoms with Gasteiger partial charge < -0.3 is 15.6 Å². The molecule has 0 radical (unpaired) electrons. The fourth-order valence-corrected chi connectivity index (χ4v) is 2.35. The highest BCUT2D eigenvalue weighted by Gasteiger charge is 2.05. The molecule has 1 aromatic heterocycles. The van der Waals surface area contributed by atoms with Gasteiger partial charge in [-0.15, -0.1) is 11.3 Å². The van der Waals surface area contributed by atoms with Gasteiger partial charge in [0.25, 0.3) is 0 Å². The zero-order chi connectivity index (χ0) is 11.5. The molecule has 0 aliphatic heterocycles. The molecule has 4 N–H and O–H groups in total. The van der Waals surface area contributed by atoms with Gasteiger partial charge in [-0.2, -0.15) is 0 Å². The Hall–Kier alpha value is -1.59. The number of rotatable bonds is 4. The van der Waals surface area contributed by atoms with Crippen LogP contribution in [0.4, 0.5) is 0 Å². The molecule has 0 saturated carbocycles. The average Bonchev–Trinajstić information content (AvgIpc) is 2.69. The van der Waals surface area contributed by atoms with Crippen molar-refractivity contribution in [2.24, 2.45) is 5.73 Å². The zero-order valence-corrected chi connectivity index (χ0v) is 9.38. The number of fused-ring (bicyclic) bond motifs is 1. The van der Waals surface area contributed by atoms with Crippen molar-refractivity contribution < 1.29 is 9.84 Å². The van der Waals surface area contributed by atoms with Crippen LogP contribution in [0, 0.1) is 5.41 Å². The van der Waals surface area contributed by atoms with Gasteiger partial charge in [-0.1, -0.05) is 0 Å². The van der Waals surface area contributed by atoms with Gasteiger partial charge in [0, 0.05) is 4.70 Å². The van der Waals surface area contributed by atoms with Crippen LogP contribution in [0.1, 0.15) is 4.88 Å². The van der Waals surface area contributed by atoms with Gasteiger partial charge in [0.15, 0.2) is 0 Å². The summed E-state index contributed by atoms with van der Waals surface area (Å²) in [5, 5.41) is 17.1. The molecular weight excluding hydrogens is 224 g/mol. The first-order valence-corrected chi connectivity index (χ1v) is 5.64. The minimum atomic E-state index is 0.00116. The summed E-state index contributed by atoms with van der Waals surface area (Å²) in [4.78, 5) is 0.759. The minimum Gasteiger partial charge on any atom is -0.491 e. The molecule has 0 saturated heterocycles. The van der Waals surface area contributed by atoms with Crippen LogP contribution < -0.4 is 10.5 Å². The lowest BCUT2D eigenvalue weighted by Crippen LogP contribution is -2.08. The Morgan fingerprint density at radius 1 is 1.44 bits per heavy atom. The standard InChI is InChI=1S/C11H12N2O2S/c12-11(13)10-5-7-1-2-8(15-4-3-14)6-9(7)16-10/h1-2,5-6,14H,3-4H2,(H3,12,13). The molecule has 0 unspecified atom stereocenters. The number of nitrogen functional groups attached to an aromatic ring is 1. The van der Waals surface area contributed by atoms with Gasteiger partial charge in [0.1, 0.15) is 18.2 Å². The number of nitrogens with one attached hydrogen (secondary N) is 1. The molecule has 0 fully saturated rings. The molecule has 1 heterocycles. The third-order valence-corrected chi connectivity index (χ3v) is 3.25. The fourth-order valence-electron chi connectivity index (χ4n) is 1.40. The number of aliphatic hydroxyl groups is 1. The van der Waals surface area contributed by atoms with Crippen LogP contribution in [-0.2, 0) is 0 Å². The van der Waals surface area contributed by atoms with Crippen molar-refractivity contribution >= 4 is 27.3 Å². The number of nitrogens with two attached hydrogens (primary N) is 1. The number of benzene rings is 1. The smallest absolute Gasteiger partial charge is 0.133 e. The van der Waals surface area contributed by atoms with Gasteiger partial charge >= 0.3 is 0 Å². The van der Waals surface area contributed by atoms with Crippen molar-refractivity contribution in [1.29, 1.82) is 5.41 Å². The maximum absolute atomic E-state index is 8.65. The summed E-state index contributed by atoms with van der Waals surface area (Å²) in [5.41, 5.74) is 5.43. The van der Waals surface area contributed by atoms with E-state index in [1.54, 1.807) is 0 Å². The zero-order valence-electron chi connectivity index (χ0n) is 8.56. The molecule has 0 spiro atoms. The maximum Gasteiger partial charge on any atom is 0.133 e. The number of hydrogen-bond donors (Lipinski definition) is 3. The summed E-state index contributed by atoms with van der Waals surface area (Å²) in [6, 6.07) is 7.54. The molecule has 5 heteroatoms. The van der Waals surface area contributed by atoms with E-state index < -0.39 is 0 Å². The maximum atomic E-state index is 8.65. The van der Waals surface area contributed by atoms with Crippen molar-refractivity contribution in [2.75, 3.05) is 13.2 Å². The monoisotopic (exact) mass is 236 g/mol. The summed E-state index contributed by atoms with van der Waals surface area (Å²) in [5.74, 6) is 0.803. The fraction of sp³-hybridized carbons (Fsp3) is 0.182. The van der Waals surface area contributed by atoms with E-state index in [9.17, 15) is 0 Å². The summed E-state index contributed by atoms with van der Waals surface area (Å²) in [7, 11) is 0. The van der Waals surface area contributed by atoms with E-state index in [2.05, 4.69) is 0 Å². The number of aliphatic hydroxyl groups excluding tert-OH is 1. The van der Waals surface area contributed by atoms with Crippen molar-refractivity contribution in [3.8, 4) is 5.75 Å². The second-order valence-corrected chi connectivity index (χ2v) is 4.38. The molecular formula is C11H12N2O2S. The van der Waals surface area contributed by atoms with Crippen LogP contribution in [0.2, 0.25) is 0 Å². The van der Waals surface area contributed by atoms with E-state index in [0.29, 0.717) is 0 Å². The molecule has 2 aromatic rings. The van der Waals surface area contributed by atoms with Crippen LogP contribution in [0.5, 0.6) is 5.75 Å². The van der Waals surface area contributed by atoms with Crippen molar-refractivity contribution in [2.45, 2.75) is 0 Å². The number of hydrogen-bond acceptors (Lipinski definition) is 4. The molecule has 84 valence electrons. The molecule has 4 nitrogen and oxygen atoms in total. The Morgan fingerprint density at radius 2 is 2.25 bits per heavy atom. The Bertz CT molecular complexity index is 522. The molecule has 2 rings (SSSR count). The van der Waals surface area contributed by atoms with Gasteiger partial charge in [-0.25, -0.2) is 0 Å². The lowest BCUT2D eigenvalue weighted by molar-refractivity contribution is 0.201. The predicted octanol–water partition coefficient (Wildman–Crippen LogP) is 1.56. The largest absolute Gasteiger partial charge is 0.491 e. The molecule has 0 aliphatic carbocycles. The Morgan fingerprint density at radius 3 is 2.94 bits per heavy atom. The normalized spacial score (nSPS) is 10.6. The van der Waals surface area contributed by atoms with Crippen molar-refractivity contribution in [1.82, 2.24) is 0 Å². The molecule has 0 bridgehead atoms. The Labute approximate surface area is 96.8 Å². The van der Waals surface area contributed by atoms with E-state index in [1.807, 2.05) is 24.3 Å². The van der Waals surface area contributed by atoms with E-state index in [-0.39, 0.29) is 19.0 Å². The quantitative estimate of drug-likeness (QED) is 0.556. The predicted molar refractivity (Wildman–Crippen MR) is 65.4 cm³/mol. The first-order chi connectivity index (χ1) is 7.70. The van der Waals surface area contributed by atoms with Crippen LogP contribution in [0.25, 0.3) is 10.1 Å². The average molecular weight is 236 g/mol. The lowest BCUT2D eigenvalue weighted by Gasteiger charge is -2.02. The lowest BCUT2D eigenvalue weighted by atomic mass is 10.2. The summed E-state index contributed by atoms with van der Waals surface area (Å²) >= 11 is 1.46. The van der Waals surface area contributed by atoms with Crippen LogP contribution in [0.3, 0.4) is 0 Å². The summed E-state index contributed by atoms with van der Waals surface area (Å²) < 4.78 is 6.33. The molecule has 0 aliphatic rings. The molecule has 0 atom stereocenters. The SMILES string of the molecule is N=C(N)c1cc2ccc(OCCO)cc2s1. The van der Waals surface area contributed by atoms with E-state index in [1.165, 1.54) is 11.3 Å². The first-order valence-electron chi connectivity index (χ1n) is 4.82. The van der Waals surface area contributed by atoms with Gasteiger partial charge in [0.05, 0.1) is 11.5 Å². The van der Waals surface area contributed by atoms with E-state index >= 15 is 0 Å². The Balaban J connectivity index is 2.34. The van der Waals surface area contributed by atoms with Crippen LogP contribution >= 0.6 is 11.3 Å². The van der Waals surface area contributed by atoms with Gasteiger partial charge in [-0.3, -0.25) is 5.41 Å². The van der Waals surface area contributed by atoms with Crippen LogP contribution in [-0.4, -0.2) is 24.2 Å². The van der Waals surface area contributed by atoms with Crippen LogP contribution in [0.15, 0.2) is 24.3 Å². The third-order valence-electron chi connectivity index (χ3n) is 2.12. The van der Waals surface area contributed by atoms with Gasteiger partial charge in [0.2, 0.25) is 0 Å². The molecule has 16 heavy (non-hydrogen) atoms. The minimum absolute atomic E-state index is 0.00116. The highest BCUT2D eigenvalue weighted by molar-refractivity contribution is 7.20. The van der Waals surface area contributed by atoms with Gasteiger partial charge in [-0.05, 0) is 29.7 Å². The highest BCUT2D eigenvalue weighted by atomic mass is 32.1. The third kappa shape index (κ3) is 2.15. The van der Waals surface area contributed by atoms with Crippen molar-refractivity contribution in [3.05, 3.63) is 29.1 Å². The summed E-state index contributed by atoms with van der Waals surface area (Å²) in [6.07, 6.45) is 0. The number of ether oxygens (including phenoxy) is 1. The van der Waals surface area contributed by atoms with E-state index in [4.69, 9.17) is 21.0 Å². The second-order valence-electron chi connectivity index (χ2n) is 3.30. The second kappa shape index (κ2) is 4.51.